The molecule has 5 atom stereocenters. The zero-order valence-electron chi connectivity index (χ0n) is 43.2. The van der Waals surface area contributed by atoms with Crippen LogP contribution in [-0.2, 0) is 43.1 Å². The minimum Gasteiger partial charge on any atom is -0.459 e. The molecule has 0 bridgehead atoms. The molecular weight excluding hydrogens is 929 g/mol. The van der Waals surface area contributed by atoms with Crippen molar-refractivity contribution in [2.75, 3.05) is 37.1 Å². The van der Waals surface area contributed by atoms with Crippen molar-refractivity contribution in [3.8, 4) is 0 Å². The quantitative estimate of drug-likeness (QED) is 0.0380. The van der Waals surface area contributed by atoms with Gasteiger partial charge in [-0.05, 0) is 37.1 Å². The highest BCUT2D eigenvalue weighted by Crippen LogP contribution is 2.27. The molecule has 0 aliphatic carbocycles. The topological polar surface area (TPSA) is 169 Å². The predicted molar refractivity (Wildman–Crippen MR) is 280 cm³/mol. The Morgan fingerprint density at radius 2 is 1.01 bits per heavy atom. The number of sulfone groups is 1. The average Bonchev–Trinajstić information content (AvgIpc) is 3.35. The van der Waals surface area contributed by atoms with E-state index < -0.39 is 80.5 Å². The van der Waals surface area contributed by atoms with Gasteiger partial charge in [0.2, 0.25) is 0 Å². The van der Waals surface area contributed by atoms with Crippen molar-refractivity contribution in [3.63, 3.8) is 0 Å². The van der Waals surface area contributed by atoms with Gasteiger partial charge in [-0.1, -0.05) is 217 Å². The molecule has 400 valence electrons. The Bertz CT molecular complexity index is 1840. The average molecular weight is 1020 g/mol. The number of rotatable bonds is 43. The van der Waals surface area contributed by atoms with Gasteiger partial charge in [-0.2, -0.15) is 8.42 Å². The van der Waals surface area contributed by atoms with E-state index >= 15 is 0 Å². The van der Waals surface area contributed by atoms with Crippen LogP contribution < -0.4 is 0 Å². The molecular formula is C56H92O12S2. The fraction of sp³-hybridized carbons (Fsp3) is 0.750. The Morgan fingerprint density at radius 1 is 0.586 bits per heavy atom. The summed E-state index contributed by atoms with van der Waals surface area (Å²) in [6.45, 7) is 3.74. The van der Waals surface area contributed by atoms with Crippen LogP contribution in [-0.4, -0.2) is 95.6 Å². The van der Waals surface area contributed by atoms with Crippen LogP contribution in [0.3, 0.4) is 0 Å². The van der Waals surface area contributed by atoms with Crippen LogP contribution in [0.15, 0.2) is 60.7 Å². The number of esters is 2. The minimum absolute atomic E-state index is 0.0151. The fourth-order valence-corrected chi connectivity index (χ4v) is 12.2. The maximum Gasteiger partial charge on any atom is 0.338 e. The van der Waals surface area contributed by atoms with Gasteiger partial charge in [-0.25, -0.2) is 18.0 Å². The number of carbonyl (C=O) groups is 2. The van der Waals surface area contributed by atoms with Gasteiger partial charge in [0.05, 0.1) is 41.6 Å². The lowest BCUT2D eigenvalue weighted by Crippen LogP contribution is -2.53. The summed E-state index contributed by atoms with van der Waals surface area (Å²) in [5, 5.41) is 11.3. The lowest BCUT2D eigenvalue weighted by atomic mass is 10.0. The summed E-state index contributed by atoms with van der Waals surface area (Å²) < 4.78 is 83.0. The molecule has 0 spiro atoms. The second-order valence-electron chi connectivity index (χ2n) is 19.7. The molecule has 70 heavy (non-hydrogen) atoms. The molecule has 0 saturated carbocycles. The summed E-state index contributed by atoms with van der Waals surface area (Å²) in [6.07, 6.45) is 27.3. The van der Waals surface area contributed by atoms with E-state index in [0.717, 1.165) is 44.9 Å². The molecule has 12 nitrogen and oxygen atoms in total. The van der Waals surface area contributed by atoms with E-state index in [0.29, 0.717) is 18.4 Å². The minimum atomic E-state index is -4.15. The molecule has 1 saturated heterocycles. The second kappa shape index (κ2) is 37.8. The third-order valence-corrected chi connectivity index (χ3v) is 16.5. The van der Waals surface area contributed by atoms with Gasteiger partial charge in [-0.3, -0.25) is 4.18 Å². The Balaban J connectivity index is 1.56. The zero-order valence-corrected chi connectivity index (χ0v) is 44.8. The van der Waals surface area contributed by atoms with E-state index in [2.05, 4.69) is 13.8 Å². The lowest BCUT2D eigenvalue weighted by Gasteiger charge is -2.38. The first-order chi connectivity index (χ1) is 33.9. The molecule has 1 aliphatic heterocycles. The van der Waals surface area contributed by atoms with E-state index in [1.165, 1.54) is 122 Å². The van der Waals surface area contributed by atoms with Crippen LogP contribution in [0.2, 0.25) is 0 Å². The molecule has 1 aliphatic rings. The van der Waals surface area contributed by atoms with Crippen LogP contribution in [0.25, 0.3) is 0 Å². The van der Waals surface area contributed by atoms with Crippen molar-refractivity contribution >= 4 is 31.9 Å². The van der Waals surface area contributed by atoms with Crippen molar-refractivity contribution in [2.45, 2.75) is 225 Å². The van der Waals surface area contributed by atoms with E-state index in [4.69, 9.17) is 23.1 Å². The molecule has 0 aromatic heterocycles. The largest absolute Gasteiger partial charge is 0.459 e. The van der Waals surface area contributed by atoms with Crippen molar-refractivity contribution in [2.24, 2.45) is 5.92 Å². The van der Waals surface area contributed by atoms with E-state index in [1.807, 2.05) is 0 Å². The van der Waals surface area contributed by atoms with E-state index in [-0.39, 0.29) is 31.0 Å². The Kier molecular flexibility index (Phi) is 33.2. The molecule has 0 amide bonds. The highest BCUT2D eigenvalue weighted by molar-refractivity contribution is 7.91. The van der Waals surface area contributed by atoms with Crippen molar-refractivity contribution < 1.29 is 54.7 Å². The number of aliphatic hydroxyl groups excluding tert-OH is 1. The smallest absolute Gasteiger partial charge is 0.338 e. The summed E-state index contributed by atoms with van der Waals surface area (Å²) in [7, 11) is -7.85. The van der Waals surface area contributed by atoms with Crippen LogP contribution in [0.5, 0.6) is 0 Å². The molecule has 3 rings (SSSR count). The summed E-state index contributed by atoms with van der Waals surface area (Å²) in [5.74, 6) is -3.44. The van der Waals surface area contributed by atoms with E-state index in [1.54, 1.807) is 60.7 Å². The first kappa shape index (κ1) is 61.4. The molecule has 1 heterocycles. The van der Waals surface area contributed by atoms with Gasteiger partial charge in [0.15, 0.2) is 16.1 Å². The molecule has 1 fully saturated rings. The Morgan fingerprint density at radius 3 is 1.49 bits per heavy atom. The summed E-state index contributed by atoms with van der Waals surface area (Å²) >= 11 is 0. The molecule has 1 N–H and O–H groups in total. The SMILES string of the molecule is CCCCCCCCCCCCCCCCOS(=O)(=O)CC(CO[C@@H]1C[C@@H](OC(=O)c2ccccc2)[C@H](O)[C@@H](COC(=O)c2ccccc2)O1)CS(=O)(=O)CCCCCCCCCCCCCCCC. The van der Waals surface area contributed by atoms with E-state index in [9.17, 15) is 31.5 Å². The number of hydrogen-bond acceptors (Lipinski definition) is 12. The first-order valence-corrected chi connectivity index (χ1v) is 30.8. The highest BCUT2D eigenvalue weighted by Gasteiger charge is 2.42. The fourth-order valence-electron chi connectivity index (χ4n) is 9.02. The van der Waals surface area contributed by atoms with Gasteiger partial charge < -0.3 is 24.1 Å². The molecule has 1 unspecified atom stereocenters. The first-order valence-electron chi connectivity index (χ1n) is 27.4. The van der Waals surface area contributed by atoms with Crippen LogP contribution >= 0.6 is 0 Å². The molecule has 0 radical (unpaired) electrons. The normalized spacial score (nSPS) is 17.9. The number of ether oxygens (including phenoxy) is 4. The van der Waals surface area contributed by atoms with Gasteiger partial charge in [-0.15, -0.1) is 0 Å². The maximum atomic E-state index is 13.6. The number of benzene rings is 2. The van der Waals surface area contributed by atoms with Gasteiger partial charge in [0.25, 0.3) is 10.1 Å². The second-order valence-corrected chi connectivity index (χ2v) is 23.6. The van der Waals surface area contributed by atoms with Crippen molar-refractivity contribution in [3.05, 3.63) is 71.8 Å². The summed E-state index contributed by atoms with van der Waals surface area (Å²) in [6, 6.07) is 16.6. The van der Waals surface area contributed by atoms with Gasteiger partial charge in [0.1, 0.15) is 24.9 Å². The number of hydrogen-bond donors (Lipinski definition) is 1. The maximum absolute atomic E-state index is 13.6. The van der Waals surface area contributed by atoms with Crippen LogP contribution in [0.4, 0.5) is 0 Å². The standard InChI is InChI=1S/C56H92O12S2/c1-3-5-7-9-11-13-15-17-19-21-23-25-27-35-41-66-70(62,63)47-48(46-69(60,61)42-36-28-26-24-22-20-18-16-14-12-10-8-6-4-2)44-64-53-43-51(68-56(59)50-39-33-30-34-40-50)54(57)52(67-53)45-65-55(58)49-37-31-29-32-38-49/h29-34,37-40,48,51-54,57H,3-28,35-36,41-47H2,1-2H3/t48?,51-,52-,53+,54+/m1/s1. The zero-order chi connectivity index (χ0) is 50.6. The van der Waals surface area contributed by atoms with Gasteiger partial charge >= 0.3 is 11.9 Å². The van der Waals surface area contributed by atoms with Crippen molar-refractivity contribution in [1.29, 1.82) is 0 Å². The summed E-state index contributed by atoms with van der Waals surface area (Å²) in [4.78, 5) is 26.0. The van der Waals surface area contributed by atoms with Crippen molar-refractivity contribution in [1.82, 2.24) is 0 Å². The highest BCUT2D eigenvalue weighted by atomic mass is 32.2. The predicted octanol–water partition coefficient (Wildman–Crippen LogP) is 12.9. The van der Waals surface area contributed by atoms with Crippen LogP contribution in [0.1, 0.15) is 221 Å². The number of unbranched alkanes of at least 4 members (excludes halogenated alkanes) is 26. The summed E-state index contributed by atoms with van der Waals surface area (Å²) in [5.41, 5.74) is 0.549. The third kappa shape index (κ3) is 29.0. The number of aliphatic hydroxyl groups is 1. The molecule has 2 aromatic rings. The number of carbonyl (C=O) groups excluding carboxylic acids is 2. The molecule has 14 heteroatoms. The molecule has 2 aromatic carbocycles. The monoisotopic (exact) mass is 1020 g/mol. The van der Waals surface area contributed by atoms with Gasteiger partial charge in [0, 0.05) is 12.3 Å². The lowest BCUT2D eigenvalue weighted by molar-refractivity contribution is -0.258. The van der Waals surface area contributed by atoms with Crippen LogP contribution in [0, 0.1) is 5.92 Å². The Labute approximate surface area is 424 Å². The third-order valence-electron chi connectivity index (χ3n) is 13.2. The Hall–Kier alpha value is -2.88.